The fourth-order valence-electron chi connectivity index (χ4n) is 1.20. The summed E-state index contributed by atoms with van der Waals surface area (Å²) in [7, 11) is 0. The van der Waals surface area contributed by atoms with Crippen LogP contribution in [0, 0.1) is 5.92 Å². The molecule has 2 N–H and O–H groups in total. The molecule has 0 aromatic rings. The van der Waals surface area contributed by atoms with Gasteiger partial charge in [-0.25, -0.2) is 0 Å². The Morgan fingerprint density at radius 2 is 2.20 bits per heavy atom. The minimum Gasteiger partial charge on any atom is -0.330 e. The smallest absolute Gasteiger partial charge is 0.00458 e. The molecule has 0 aliphatic carbocycles. The van der Waals surface area contributed by atoms with Crippen LogP contribution in [0.3, 0.4) is 0 Å². The number of hydrogen-bond donors (Lipinski definition) is 1. The predicted octanol–water partition coefficient (Wildman–Crippen LogP) is 2.33. The van der Waals surface area contributed by atoms with Gasteiger partial charge < -0.3 is 5.73 Å². The lowest BCUT2D eigenvalue weighted by atomic mass is 9.97. The summed E-state index contributed by atoms with van der Waals surface area (Å²) in [6, 6.07) is 0. The lowest BCUT2D eigenvalue weighted by molar-refractivity contribution is 0.486. The molecule has 0 radical (unpaired) electrons. The van der Waals surface area contributed by atoms with E-state index in [0.29, 0.717) is 5.92 Å². The van der Waals surface area contributed by atoms with Crippen LogP contribution in [0.4, 0.5) is 0 Å². The Bertz CT molecular complexity index is 96.9. The fourth-order valence-corrected chi connectivity index (χ4v) is 1.20. The van der Waals surface area contributed by atoms with E-state index < -0.39 is 0 Å². The first-order valence-corrected chi connectivity index (χ1v) is 4.05. The number of rotatable bonds is 5. The molecule has 10 heavy (non-hydrogen) atoms. The molecule has 1 nitrogen and oxygen atoms in total. The first-order valence-electron chi connectivity index (χ1n) is 4.05. The molecule has 0 bridgehead atoms. The van der Waals surface area contributed by atoms with E-state index in [9.17, 15) is 0 Å². The molecule has 0 saturated heterocycles. The van der Waals surface area contributed by atoms with Crippen molar-refractivity contribution >= 4 is 0 Å². The Labute approximate surface area is 64.3 Å². The normalized spacial score (nSPS) is 13.1. The average Bonchev–Trinajstić information content (AvgIpc) is 1.86. The standard InChI is InChI=1S/C9H19N/c1-4-5-9(7-10)6-8(2)3/h9H,2,4-7,10H2,1,3H3/t9-/m0/s1. The van der Waals surface area contributed by atoms with Crippen LogP contribution in [-0.4, -0.2) is 6.54 Å². The second-order valence-corrected chi connectivity index (χ2v) is 3.05. The molecule has 0 fully saturated rings. The van der Waals surface area contributed by atoms with Crippen LogP contribution in [0.15, 0.2) is 12.2 Å². The first-order chi connectivity index (χ1) is 4.70. The van der Waals surface area contributed by atoms with E-state index in [1.165, 1.54) is 18.4 Å². The molecule has 0 saturated carbocycles. The van der Waals surface area contributed by atoms with E-state index in [-0.39, 0.29) is 0 Å². The third kappa shape index (κ3) is 4.57. The van der Waals surface area contributed by atoms with Crippen LogP contribution in [0.25, 0.3) is 0 Å². The van der Waals surface area contributed by atoms with Crippen molar-refractivity contribution in [2.24, 2.45) is 11.7 Å². The van der Waals surface area contributed by atoms with Crippen molar-refractivity contribution in [3.63, 3.8) is 0 Å². The molecule has 0 aromatic heterocycles. The maximum Gasteiger partial charge on any atom is -0.00458 e. The summed E-state index contributed by atoms with van der Waals surface area (Å²) in [6.07, 6.45) is 3.57. The maximum atomic E-state index is 5.57. The quantitative estimate of drug-likeness (QED) is 0.584. The number of nitrogens with two attached hydrogens (primary N) is 1. The summed E-state index contributed by atoms with van der Waals surface area (Å²) in [4.78, 5) is 0. The summed E-state index contributed by atoms with van der Waals surface area (Å²) in [5.41, 5.74) is 6.82. The van der Waals surface area contributed by atoms with Crippen molar-refractivity contribution in [2.45, 2.75) is 33.1 Å². The van der Waals surface area contributed by atoms with Crippen molar-refractivity contribution in [1.29, 1.82) is 0 Å². The molecular weight excluding hydrogens is 122 g/mol. The topological polar surface area (TPSA) is 26.0 Å². The molecule has 1 heteroatoms. The van der Waals surface area contributed by atoms with E-state index in [1.807, 2.05) is 0 Å². The van der Waals surface area contributed by atoms with Gasteiger partial charge in [-0.1, -0.05) is 18.9 Å². The van der Waals surface area contributed by atoms with Crippen LogP contribution in [0.1, 0.15) is 33.1 Å². The van der Waals surface area contributed by atoms with Gasteiger partial charge in [0, 0.05) is 0 Å². The van der Waals surface area contributed by atoms with E-state index in [0.717, 1.165) is 13.0 Å². The average molecular weight is 141 g/mol. The highest BCUT2D eigenvalue weighted by molar-refractivity contribution is 4.90. The first kappa shape index (κ1) is 9.70. The molecule has 0 spiro atoms. The summed E-state index contributed by atoms with van der Waals surface area (Å²) in [5, 5.41) is 0. The molecule has 0 rings (SSSR count). The zero-order valence-corrected chi connectivity index (χ0v) is 7.19. The van der Waals surface area contributed by atoms with Crippen molar-refractivity contribution in [1.82, 2.24) is 0 Å². The Hall–Kier alpha value is -0.300. The highest BCUT2D eigenvalue weighted by atomic mass is 14.5. The molecular formula is C9H19N. The summed E-state index contributed by atoms with van der Waals surface area (Å²) < 4.78 is 0. The zero-order valence-electron chi connectivity index (χ0n) is 7.19. The molecule has 0 unspecified atom stereocenters. The van der Waals surface area contributed by atoms with Gasteiger partial charge in [0.05, 0.1) is 0 Å². The van der Waals surface area contributed by atoms with Crippen molar-refractivity contribution in [2.75, 3.05) is 6.54 Å². The van der Waals surface area contributed by atoms with Gasteiger partial charge in [-0.2, -0.15) is 0 Å². The van der Waals surface area contributed by atoms with Crippen molar-refractivity contribution in [3.8, 4) is 0 Å². The predicted molar refractivity (Wildman–Crippen MR) is 46.9 cm³/mol. The third-order valence-electron chi connectivity index (χ3n) is 1.67. The van der Waals surface area contributed by atoms with Gasteiger partial charge >= 0.3 is 0 Å². The van der Waals surface area contributed by atoms with Gasteiger partial charge in [-0.3, -0.25) is 0 Å². The monoisotopic (exact) mass is 141 g/mol. The van der Waals surface area contributed by atoms with Crippen molar-refractivity contribution < 1.29 is 0 Å². The minimum atomic E-state index is 0.669. The van der Waals surface area contributed by atoms with Crippen LogP contribution in [0.5, 0.6) is 0 Å². The second-order valence-electron chi connectivity index (χ2n) is 3.05. The number of allylic oxidation sites excluding steroid dienone is 1. The molecule has 1 atom stereocenters. The fraction of sp³-hybridized carbons (Fsp3) is 0.778. The van der Waals surface area contributed by atoms with Crippen LogP contribution in [0.2, 0.25) is 0 Å². The summed E-state index contributed by atoms with van der Waals surface area (Å²) >= 11 is 0. The lowest BCUT2D eigenvalue weighted by Crippen LogP contribution is -2.14. The highest BCUT2D eigenvalue weighted by Gasteiger charge is 2.03. The Morgan fingerprint density at radius 3 is 2.50 bits per heavy atom. The van der Waals surface area contributed by atoms with Crippen LogP contribution in [-0.2, 0) is 0 Å². The van der Waals surface area contributed by atoms with E-state index in [2.05, 4.69) is 20.4 Å². The van der Waals surface area contributed by atoms with Crippen LogP contribution < -0.4 is 5.73 Å². The molecule has 0 aromatic carbocycles. The van der Waals surface area contributed by atoms with Gasteiger partial charge in [0.2, 0.25) is 0 Å². The lowest BCUT2D eigenvalue weighted by Gasteiger charge is -2.12. The van der Waals surface area contributed by atoms with Gasteiger partial charge in [0.15, 0.2) is 0 Å². The largest absolute Gasteiger partial charge is 0.330 e. The third-order valence-corrected chi connectivity index (χ3v) is 1.67. The van der Waals surface area contributed by atoms with Crippen LogP contribution >= 0.6 is 0 Å². The summed E-state index contributed by atoms with van der Waals surface area (Å²) in [6.45, 7) is 8.94. The zero-order chi connectivity index (χ0) is 7.98. The molecule has 0 amide bonds. The second kappa shape index (κ2) is 5.48. The number of hydrogen-bond acceptors (Lipinski definition) is 1. The maximum absolute atomic E-state index is 5.57. The van der Waals surface area contributed by atoms with E-state index in [4.69, 9.17) is 5.73 Å². The van der Waals surface area contributed by atoms with E-state index >= 15 is 0 Å². The van der Waals surface area contributed by atoms with Crippen molar-refractivity contribution in [3.05, 3.63) is 12.2 Å². The molecule has 0 aliphatic heterocycles. The highest BCUT2D eigenvalue weighted by Crippen LogP contribution is 2.13. The minimum absolute atomic E-state index is 0.669. The van der Waals surface area contributed by atoms with Gasteiger partial charge in [-0.05, 0) is 32.2 Å². The Morgan fingerprint density at radius 1 is 1.60 bits per heavy atom. The molecule has 60 valence electrons. The van der Waals surface area contributed by atoms with Gasteiger partial charge in [0.25, 0.3) is 0 Å². The molecule has 0 heterocycles. The Balaban J connectivity index is 3.49. The summed E-state index contributed by atoms with van der Waals surface area (Å²) in [5.74, 6) is 0.669. The SMILES string of the molecule is C=C(C)C[C@@H](CN)CCC. The Kier molecular flexibility index (Phi) is 5.32. The molecule has 0 aliphatic rings. The van der Waals surface area contributed by atoms with E-state index in [1.54, 1.807) is 0 Å². The van der Waals surface area contributed by atoms with Gasteiger partial charge in [-0.15, -0.1) is 6.58 Å². The van der Waals surface area contributed by atoms with Gasteiger partial charge in [0.1, 0.15) is 0 Å².